The standard InChI is InChI=1S/C30H26N2O6/c1-35-25-13-11-24(12-14-25)30(34)38-27-17-8-22(18-28(27)36-2)19-31-32-29(33)23-9-15-26(16-10-23)37-20-21-6-4-3-5-7-21/h3-19H,20H2,1-2H3,(H,32,33)/b31-19-. The summed E-state index contributed by atoms with van der Waals surface area (Å²) >= 11 is 0. The van der Waals surface area contributed by atoms with E-state index in [0.717, 1.165) is 5.56 Å². The molecule has 0 radical (unpaired) electrons. The van der Waals surface area contributed by atoms with Crippen molar-refractivity contribution in [2.24, 2.45) is 5.10 Å². The van der Waals surface area contributed by atoms with Gasteiger partial charge in [0.25, 0.3) is 5.91 Å². The van der Waals surface area contributed by atoms with Gasteiger partial charge in [0.05, 0.1) is 26.0 Å². The Hall–Kier alpha value is -5.11. The first-order valence-electron chi connectivity index (χ1n) is 11.7. The summed E-state index contributed by atoms with van der Waals surface area (Å²) in [7, 11) is 3.02. The molecule has 0 saturated heterocycles. The summed E-state index contributed by atoms with van der Waals surface area (Å²) in [6.07, 6.45) is 1.47. The van der Waals surface area contributed by atoms with Crippen molar-refractivity contribution in [2.75, 3.05) is 14.2 Å². The second kappa shape index (κ2) is 12.7. The van der Waals surface area contributed by atoms with Crippen LogP contribution in [0.3, 0.4) is 0 Å². The maximum absolute atomic E-state index is 12.5. The Balaban J connectivity index is 1.32. The van der Waals surface area contributed by atoms with Crippen LogP contribution in [0.4, 0.5) is 0 Å². The minimum absolute atomic E-state index is 0.254. The van der Waals surface area contributed by atoms with Crippen LogP contribution in [0.1, 0.15) is 31.8 Å². The molecule has 8 heteroatoms. The van der Waals surface area contributed by atoms with E-state index in [9.17, 15) is 9.59 Å². The summed E-state index contributed by atoms with van der Waals surface area (Å²) in [6.45, 7) is 0.444. The number of methoxy groups -OCH3 is 2. The van der Waals surface area contributed by atoms with E-state index in [1.54, 1.807) is 73.8 Å². The Morgan fingerprint density at radius 3 is 2.13 bits per heavy atom. The highest BCUT2D eigenvalue weighted by Gasteiger charge is 2.13. The van der Waals surface area contributed by atoms with Gasteiger partial charge >= 0.3 is 5.97 Å². The van der Waals surface area contributed by atoms with E-state index in [4.69, 9.17) is 18.9 Å². The Morgan fingerprint density at radius 1 is 0.763 bits per heavy atom. The lowest BCUT2D eigenvalue weighted by Crippen LogP contribution is -2.17. The average molecular weight is 511 g/mol. The molecule has 8 nitrogen and oxygen atoms in total. The lowest BCUT2D eigenvalue weighted by Gasteiger charge is -2.10. The van der Waals surface area contributed by atoms with E-state index in [2.05, 4.69) is 10.5 Å². The van der Waals surface area contributed by atoms with E-state index in [1.165, 1.54) is 13.3 Å². The maximum atomic E-state index is 12.5. The molecule has 0 bridgehead atoms. The molecule has 1 amide bonds. The van der Waals surface area contributed by atoms with E-state index in [1.807, 2.05) is 30.3 Å². The number of ether oxygens (including phenoxy) is 4. The highest BCUT2D eigenvalue weighted by Crippen LogP contribution is 2.28. The number of nitrogens with one attached hydrogen (secondary N) is 1. The van der Waals surface area contributed by atoms with Crippen LogP contribution in [0.2, 0.25) is 0 Å². The molecular formula is C30H26N2O6. The first-order chi connectivity index (χ1) is 18.6. The summed E-state index contributed by atoms with van der Waals surface area (Å²) in [5, 5.41) is 4.02. The predicted molar refractivity (Wildman–Crippen MR) is 143 cm³/mol. The van der Waals surface area contributed by atoms with E-state index < -0.39 is 5.97 Å². The Labute approximate surface area is 220 Å². The zero-order valence-corrected chi connectivity index (χ0v) is 20.9. The van der Waals surface area contributed by atoms with E-state index >= 15 is 0 Å². The average Bonchev–Trinajstić information content (AvgIpc) is 2.97. The molecular weight excluding hydrogens is 484 g/mol. The van der Waals surface area contributed by atoms with Crippen molar-refractivity contribution in [3.8, 4) is 23.0 Å². The third-order valence-corrected chi connectivity index (χ3v) is 5.46. The number of hydrogen-bond acceptors (Lipinski definition) is 7. The number of hydrazone groups is 1. The monoisotopic (exact) mass is 510 g/mol. The topological polar surface area (TPSA) is 95.5 Å². The number of carbonyl (C=O) groups excluding carboxylic acids is 2. The zero-order chi connectivity index (χ0) is 26.7. The van der Waals surface area contributed by atoms with Crippen molar-refractivity contribution in [2.45, 2.75) is 6.61 Å². The van der Waals surface area contributed by atoms with Gasteiger partial charge in [-0.3, -0.25) is 4.79 Å². The summed E-state index contributed by atoms with van der Waals surface area (Å²) in [5.41, 5.74) is 5.00. The maximum Gasteiger partial charge on any atom is 0.343 e. The molecule has 0 aliphatic carbocycles. The van der Waals surface area contributed by atoms with Gasteiger partial charge < -0.3 is 18.9 Å². The molecule has 0 aliphatic rings. The SMILES string of the molecule is COc1ccc(C(=O)Oc2ccc(/C=N\NC(=O)c3ccc(OCc4ccccc4)cc3)cc2OC)cc1. The van der Waals surface area contributed by atoms with Gasteiger partial charge in [0.15, 0.2) is 11.5 Å². The van der Waals surface area contributed by atoms with Crippen LogP contribution in [-0.4, -0.2) is 32.3 Å². The van der Waals surface area contributed by atoms with Crippen LogP contribution >= 0.6 is 0 Å². The number of carbonyl (C=O) groups is 2. The molecule has 192 valence electrons. The largest absolute Gasteiger partial charge is 0.497 e. The number of rotatable bonds is 10. The number of nitrogens with zero attached hydrogens (tertiary/aromatic N) is 1. The number of esters is 1. The van der Waals surface area contributed by atoms with Gasteiger partial charge in [-0.15, -0.1) is 0 Å². The van der Waals surface area contributed by atoms with Gasteiger partial charge in [-0.1, -0.05) is 30.3 Å². The molecule has 0 fully saturated rings. The third-order valence-electron chi connectivity index (χ3n) is 5.46. The minimum atomic E-state index is -0.531. The molecule has 0 spiro atoms. The normalized spacial score (nSPS) is 10.6. The van der Waals surface area contributed by atoms with Crippen LogP contribution in [0.5, 0.6) is 23.0 Å². The van der Waals surface area contributed by atoms with Crippen LogP contribution in [-0.2, 0) is 6.61 Å². The van der Waals surface area contributed by atoms with Crippen LogP contribution in [0, 0.1) is 0 Å². The first-order valence-corrected chi connectivity index (χ1v) is 11.7. The van der Waals surface area contributed by atoms with E-state index in [0.29, 0.717) is 40.5 Å². The van der Waals surface area contributed by atoms with Crippen molar-refractivity contribution in [3.63, 3.8) is 0 Å². The van der Waals surface area contributed by atoms with Gasteiger partial charge in [0.2, 0.25) is 0 Å². The Kier molecular flexibility index (Phi) is 8.70. The summed E-state index contributed by atoms with van der Waals surface area (Å²) < 4.78 is 21.7. The minimum Gasteiger partial charge on any atom is -0.497 e. The Bertz CT molecular complexity index is 1400. The Morgan fingerprint density at radius 2 is 1.45 bits per heavy atom. The third kappa shape index (κ3) is 6.98. The molecule has 0 heterocycles. The zero-order valence-electron chi connectivity index (χ0n) is 20.9. The van der Waals surface area contributed by atoms with Crippen LogP contribution in [0.25, 0.3) is 0 Å². The van der Waals surface area contributed by atoms with Gasteiger partial charge in [-0.05, 0) is 77.9 Å². The van der Waals surface area contributed by atoms with Crippen molar-refractivity contribution in [3.05, 3.63) is 119 Å². The van der Waals surface area contributed by atoms with Gasteiger partial charge in [-0.2, -0.15) is 5.10 Å². The van der Waals surface area contributed by atoms with Gasteiger partial charge in [0, 0.05) is 5.56 Å². The second-order valence-corrected chi connectivity index (χ2v) is 8.03. The second-order valence-electron chi connectivity index (χ2n) is 8.03. The fraction of sp³-hybridized carbons (Fsp3) is 0.100. The van der Waals surface area contributed by atoms with Crippen LogP contribution in [0.15, 0.2) is 102 Å². The molecule has 38 heavy (non-hydrogen) atoms. The summed E-state index contributed by atoms with van der Waals surface area (Å²) in [4.78, 5) is 24.9. The highest BCUT2D eigenvalue weighted by atomic mass is 16.6. The molecule has 4 rings (SSSR count). The van der Waals surface area contributed by atoms with Gasteiger partial charge in [0.1, 0.15) is 18.1 Å². The molecule has 0 aromatic heterocycles. The molecule has 0 saturated carbocycles. The summed E-state index contributed by atoms with van der Waals surface area (Å²) in [5.74, 6) is 0.995. The lowest BCUT2D eigenvalue weighted by molar-refractivity contribution is 0.0729. The smallest absolute Gasteiger partial charge is 0.343 e. The van der Waals surface area contributed by atoms with E-state index in [-0.39, 0.29) is 11.7 Å². The highest BCUT2D eigenvalue weighted by molar-refractivity contribution is 5.95. The fourth-order valence-electron chi connectivity index (χ4n) is 3.41. The van der Waals surface area contributed by atoms with Crippen LogP contribution < -0.4 is 24.4 Å². The summed E-state index contributed by atoms with van der Waals surface area (Å²) in [6, 6.07) is 28.1. The van der Waals surface area contributed by atoms with Crippen molar-refractivity contribution in [1.82, 2.24) is 5.43 Å². The molecule has 0 aliphatic heterocycles. The van der Waals surface area contributed by atoms with Gasteiger partial charge in [-0.25, -0.2) is 10.2 Å². The first kappa shape index (κ1) is 26.0. The quantitative estimate of drug-likeness (QED) is 0.135. The lowest BCUT2D eigenvalue weighted by atomic mass is 10.2. The van der Waals surface area contributed by atoms with Crippen molar-refractivity contribution >= 4 is 18.1 Å². The fourth-order valence-corrected chi connectivity index (χ4v) is 3.41. The molecule has 4 aromatic rings. The molecule has 0 atom stereocenters. The van der Waals surface area contributed by atoms with Crippen molar-refractivity contribution in [1.29, 1.82) is 0 Å². The number of benzene rings is 4. The number of hydrogen-bond donors (Lipinski definition) is 1. The molecule has 4 aromatic carbocycles. The van der Waals surface area contributed by atoms with Crippen molar-refractivity contribution < 1.29 is 28.5 Å². The predicted octanol–water partition coefficient (Wildman–Crippen LogP) is 5.27. The molecule has 0 unspecified atom stereocenters. The molecule has 1 N–H and O–H groups in total. The number of amides is 1.